The lowest BCUT2D eigenvalue weighted by Crippen LogP contribution is -2.16. The highest BCUT2D eigenvalue weighted by atomic mass is 35.5. The summed E-state index contributed by atoms with van der Waals surface area (Å²) in [5, 5.41) is 2.10. The number of benzene rings is 2. The first-order chi connectivity index (χ1) is 12.1. The molecule has 0 aliphatic heterocycles. The van der Waals surface area contributed by atoms with Gasteiger partial charge in [-0.1, -0.05) is 23.2 Å². The van der Waals surface area contributed by atoms with Crippen LogP contribution in [0.25, 0.3) is 11.0 Å². The van der Waals surface area contributed by atoms with E-state index < -0.39 is 28.1 Å². The second-order valence-electron chi connectivity index (χ2n) is 5.62. The summed E-state index contributed by atoms with van der Waals surface area (Å²) in [7, 11) is 0. The summed E-state index contributed by atoms with van der Waals surface area (Å²) in [6.45, 7) is 1.80. The van der Waals surface area contributed by atoms with Gasteiger partial charge in [-0.05, 0) is 37.3 Å². The Hall–Kier alpha value is -2.80. The molecule has 0 radical (unpaired) electrons. The van der Waals surface area contributed by atoms with Gasteiger partial charge in [0.1, 0.15) is 5.58 Å². The molecule has 0 atom stereocenters. The molecule has 0 unspecified atom stereocenters. The quantitative estimate of drug-likeness (QED) is 0.677. The molecule has 0 aliphatic carbocycles. The van der Waals surface area contributed by atoms with Crippen molar-refractivity contribution in [3.8, 4) is 0 Å². The van der Waals surface area contributed by atoms with Crippen molar-refractivity contribution in [1.82, 2.24) is 0 Å². The fourth-order valence-electron chi connectivity index (χ4n) is 2.39. The van der Waals surface area contributed by atoms with Crippen molar-refractivity contribution in [3.63, 3.8) is 0 Å². The molecule has 0 aliphatic rings. The average Bonchev–Trinajstić information content (AvgIpc) is 2.56. The maximum absolute atomic E-state index is 12.9. The van der Waals surface area contributed by atoms with E-state index in [9.17, 15) is 22.8 Å². The predicted molar refractivity (Wildman–Crippen MR) is 91.6 cm³/mol. The van der Waals surface area contributed by atoms with Crippen LogP contribution < -0.4 is 10.7 Å². The van der Waals surface area contributed by atoms with Gasteiger partial charge in [0.05, 0.1) is 16.0 Å². The lowest BCUT2D eigenvalue weighted by atomic mass is 10.1. The minimum atomic E-state index is -4.66. The first-order valence-corrected chi connectivity index (χ1v) is 7.75. The molecule has 1 N–H and O–H groups in total. The average molecular weight is 382 g/mol. The molecule has 4 nitrogen and oxygen atoms in total. The zero-order valence-corrected chi connectivity index (χ0v) is 14.0. The lowest BCUT2D eigenvalue weighted by Gasteiger charge is -2.11. The highest BCUT2D eigenvalue weighted by molar-refractivity contribution is 6.31. The summed E-state index contributed by atoms with van der Waals surface area (Å²) >= 11 is 5.54. The minimum Gasteiger partial charge on any atom is -0.451 e. The van der Waals surface area contributed by atoms with Crippen LogP contribution in [0.5, 0.6) is 0 Å². The lowest BCUT2D eigenvalue weighted by molar-refractivity contribution is -0.137. The second-order valence-corrected chi connectivity index (χ2v) is 6.03. The van der Waals surface area contributed by atoms with Crippen LogP contribution >= 0.6 is 11.6 Å². The van der Waals surface area contributed by atoms with Gasteiger partial charge in [-0.3, -0.25) is 9.59 Å². The van der Waals surface area contributed by atoms with Crippen molar-refractivity contribution in [3.05, 3.63) is 74.6 Å². The van der Waals surface area contributed by atoms with Crippen LogP contribution in [0.4, 0.5) is 18.9 Å². The molecule has 3 aromatic rings. The smallest absolute Gasteiger partial charge is 0.417 e. The van der Waals surface area contributed by atoms with E-state index in [4.69, 9.17) is 16.0 Å². The number of carbonyl (C=O) groups excluding carboxylic acids is 1. The van der Waals surface area contributed by atoms with Gasteiger partial charge in [-0.2, -0.15) is 13.2 Å². The van der Waals surface area contributed by atoms with Crippen molar-refractivity contribution in [2.24, 2.45) is 0 Å². The maximum atomic E-state index is 12.9. The predicted octanol–water partition coefficient (Wildman–Crippen LogP) is 5.03. The molecule has 0 saturated carbocycles. The van der Waals surface area contributed by atoms with Crippen molar-refractivity contribution in [1.29, 1.82) is 0 Å². The molecule has 26 heavy (non-hydrogen) atoms. The number of hydrogen-bond acceptors (Lipinski definition) is 3. The Bertz CT molecular complexity index is 1070. The van der Waals surface area contributed by atoms with Gasteiger partial charge in [0, 0.05) is 11.8 Å². The van der Waals surface area contributed by atoms with Crippen molar-refractivity contribution in [2.45, 2.75) is 13.1 Å². The van der Waals surface area contributed by atoms with Crippen LogP contribution in [0.2, 0.25) is 5.02 Å². The van der Waals surface area contributed by atoms with Crippen LogP contribution in [0, 0.1) is 6.92 Å². The molecular weight excluding hydrogens is 371 g/mol. The maximum Gasteiger partial charge on any atom is 0.417 e. The van der Waals surface area contributed by atoms with E-state index in [2.05, 4.69) is 5.32 Å². The largest absolute Gasteiger partial charge is 0.451 e. The first kappa shape index (κ1) is 18.0. The fraction of sp³-hybridized carbons (Fsp3) is 0.111. The Kier molecular flexibility index (Phi) is 4.50. The van der Waals surface area contributed by atoms with Crippen LogP contribution in [0.1, 0.15) is 21.7 Å². The van der Waals surface area contributed by atoms with Gasteiger partial charge in [-0.15, -0.1) is 0 Å². The summed E-state index contributed by atoms with van der Waals surface area (Å²) in [5.74, 6) is -1.16. The highest BCUT2D eigenvalue weighted by Gasteiger charge is 2.33. The molecule has 2 aromatic carbocycles. The van der Waals surface area contributed by atoms with Crippen molar-refractivity contribution < 1.29 is 22.4 Å². The normalized spacial score (nSPS) is 11.6. The van der Waals surface area contributed by atoms with E-state index >= 15 is 0 Å². The standard InChI is InChI=1S/C18H11ClF3NO3/c1-9-2-5-15-11(6-9)14(24)8-16(26-15)17(25)23-10-3-4-13(19)12(7-10)18(20,21)22/h2-8H,1H3,(H,23,25). The van der Waals surface area contributed by atoms with Gasteiger partial charge in [0.2, 0.25) is 0 Å². The van der Waals surface area contributed by atoms with Gasteiger partial charge >= 0.3 is 6.18 Å². The van der Waals surface area contributed by atoms with Gasteiger partial charge < -0.3 is 9.73 Å². The summed E-state index contributed by atoms with van der Waals surface area (Å²) in [6, 6.07) is 8.84. The van der Waals surface area contributed by atoms with E-state index in [0.29, 0.717) is 11.5 Å². The Morgan fingerprint density at radius 3 is 2.54 bits per heavy atom. The molecule has 1 aromatic heterocycles. The third kappa shape index (κ3) is 3.57. The highest BCUT2D eigenvalue weighted by Crippen LogP contribution is 2.36. The number of rotatable bonds is 2. The van der Waals surface area contributed by atoms with Gasteiger partial charge in [0.25, 0.3) is 5.91 Å². The zero-order valence-electron chi connectivity index (χ0n) is 13.3. The molecule has 0 fully saturated rings. The van der Waals surface area contributed by atoms with Crippen LogP contribution in [0.3, 0.4) is 0 Å². The monoisotopic (exact) mass is 381 g/mol. The molecular formula is C18H11ClF3NO3. The number of halogens is 4. The molecule has 1 amide bonds. The molecule has 3 rings (SSSR count). The van der Waals surface area contributed by atoms with Gasteiger partial charge in [0.15, 0.2) is 11.2 Å². The molecule has 0 saturated heterocycles. The Morgan fingerprint density at radius 2 is 1.85 bits per heavy atom. The molecule has 134 valence electrons. The number of nitrogens with one attached hydrogen (secondary N) is 1. The SMILES string of the molecule is Cc1ccc2oc(C(=O)Nc3ccc(Cl)c(C(F)(F)F)c3)cc(=O)c2c1. The second kappa shape index (κ2) is 6.49. The summed E-state index contributed by atoms with van der Waals surface area (Å²) in [5.41, 5.74) is -0.568. The third-order valence-corrected chi connectivity index (χ3v) is 3.97. The zero-order chi connectivity index (χ0) is 19.1. The van der Waals surface area contributed by atoms with E-state index in [-0.39, 0.29) is 17.0 Å². The molecule has 1 heterocycles. The molecule has 0 bridgehead atoms. The topological polar surface area (TPSA) is 59.3 Å². The van der Waals surface area contributed by atoms with E-state index in [1.807, 2.05) is 0 Å². The summed E-state index contributed by atoms with van der Waals surface area (Å²) in [4.78, 5) is 24.4. The Labute approximate surface area is 150 Å². The van der Waals surface area contributed by atoms with Crippen molar-refractivity contribution >= 4 is 34.2 Å². The number of alkyl halides is 3. The Morgan fingerprint density at radius 1 is 1.12 bits per heavy atom. The minimum absolute atomic E-state index is 0.127. The molecule has 8 heteroatoms. The molecule has 0 spiro atoms. The number of carbonyl (C=O) groups is 1. The van der Waals surface area contributed by atoms with Gasteiger partial charge in [-0.25, -0.2) is 0 Å². The number of anilines is 1. The first-order valence-electron chi connectivity index (χ1n) is 7.38. The van der Waals surface area contributed by atoms with Crippen molar-refractivity contribution in [2.75, 3.05) is 5.32 Å². The fourth-order valence-corrected chi connectivity index (χ4v) is 2.62. The number of aryl methyl sites for hydroxylation is 1. The number of hydrogen-bond donors (Lipinski definition) is 1. The van der Waals surface area contributed by atoms with E-state index in [1.165, 1.54) is 6.07 Å². The number of fused-ring (bicyclic) bond motifs is 1. The van der Waals surface area contributed by atoms with Crippen LogP contribution in [-0.4, -0.2) is 5.91 Å². The van der Waals surface area contributed by atoms with E-state index in [0.717, 1.165) is 17.7 Å². The van der Waals surface area contributed by atoms with Crippen LogP contribution in [-0.2, 0) is 6.18 Å². The van der Waals surface area contributed by atoms with E-state index in [1.54, 1.807) is 25.1 Å². The number of amides is 1. The van der Waals surface area contributed by atoms with Crippen LogP contribution in [0.15, 0.2) is 51.7 Å². The summed E-state index contributed by atoms with van der Waals surface area (Å²) < 4.78 is 44.1. The third-order valence-electron chi connectivity index (χ3n) is 3.64. The summed E-state index contributed by atoms with van der Waals surface area (Å²) in [6.07, 6.45) is -4.66. The Balaban J connectivity index is 1.95.